The Morgan fingerprint density at radius 1 is 1.29 bits per heavy atom. The van der Waals surface area contributed by atoms with Gasteiger partial charge >= 0.3 is 5.97 Å². The number of aliphatic hydroxyl groups excluding tert-OH is 1. The van der Waals surface area contributed by atoms with Crippen LogP contribution in [0.2, 0.25) is 5.02 Å². The predicted molar refractivity (Wildman–Crippen MR) is 63.0 cm³/mol. The molecule has 1 aromatic carbocycles. The van der Waals surface area contributed by atoms with Crippen LogP contribution < -0.4 is 0 Å². The van der Waals surface area contributed by atoms with Crippen LogP contribution in [0.4, 0.5) is 0 Å². The predicted octanol–water partition coefficient (Wildman–Crippen LogP) is 1.69. The van der Waals surface area contributed by atoms with Gasteiger partial charge < -0.3 is 9.84 Å². The molecule has 1 rings (SSSR count). The zero-order valence-electron chi connectivity index (χ0n) is 9.51. The van der Waals surface area contributed by atoms with E-state index in [0.717, 1.165) is 7.11 Å². The average molecular weight is 257 g/mol. The standard InChI is InChI=1S/C12H13ClO4/c1-7(11(15)12(16)17-2)10(14)8-3-5-9(13)6-4-8/h3-7,11,15H,1-2H3. The number of halogens is 1. The van der Waals surface area contributed by atoms with E-state index in [1.807, 2.05) is 0 Å². The maximum atomic E-state index is 11.9. The third-order valence-corrected chi connectivity index (χ3v) is 2.71. The zero-order valence-corrected chi connectivity index (χ0v) is 10.3. The average Bonchev–Trinajstić information content (AvgIpc) is 2.36. The summed E-state index contributed by atoms with van der Waals surface area (Å²) in [6.45, 7) is 1.47. The molecule has 17 heavy (non-hydrogen) atoms. The lowest BCUT2D eigenvalue weighted by molar-refractivity contribution is -0.152. The molecule has 92 valence electrons. The van der Waals surface area contributed by atoms with Crippen LogP contribution in [-0.2, 0) is 9.53 Å². The molecule has 0 amide bonds. The van der Waals surface area contributed by atoms with Crippen LogP contribution in [0.5, 0.6) is 0 Å². The van der Waals surface area contributed by atoms with Gasteiger partial charge in [0, 0.05) is 10.6 Å². The highest BCUT2D eigenvalue weighted by Gasteiger charge is 2.29. The number of hydrogen-bond acceptors (Lipinski definition) is 4. The second-order valence-corrected chi connectivity index (χ2v) is 4.06. The molecule has 0 aliphatic carbocycles. The molecule has 0 heterocycles. The largest absolute Gasteiger partial charge is 0.467 e. The lowest BCUT2D eigenvalue weighted by Crippen LogP contribution is -2.33. The van der Waals surface area contributed by atoms with Crippen molar-refractivity contribution in [2.75, 3.05) is 7.11 Å². The van der Waals surface area contributed by atoms with E-state index in [0.29, 0.717) is 10.6 Å². The highest BCUT2D eigenvalue weighted by molar-refractivity contribution is 6.30. The summed E-state index contributed by atoms with van der Waals surface area (Å²) in [5.41, 5.74) is 0.393. The van der Waals surface area contributed by atoms with Crippen molar-refractivity contribution < 1.29 is 19.4 Å². The summed E-state index contributed by atoms with van der Waals surface area (Å²) < 4.78 is 4.38. The molecule has 5 heteroatoms. The molecule has 4 nitrogen and oxygen atoms in total. The number of Topliss-reactive ketones (excluding diaryl/α,β-unsaturated/α-hetero) is 1. The topological polar surface area (TPSA) is 63.6 Å². The van der Waals surface area contributed by atoms with Crippen molar-refractivity contribution >= 4 is 23.4 Å². The van der Waals surface area contributed by atoms with E-state index in [1.54, 1.807) is 24.3 Å². The van der Waals surface area contributed by atoms with Gasteiger partial charge in [-0.3, -0.25) is 4.79 Å². The van der Waals surface area contributed by atoms with Crippen molar-refractivity contribution in [1.82, 2.24) is 0 Å². The van der Waals surface area contributed by atoms with E-state index in [-0.39, 0.29) is 5.78 Å². The lowest BCUT2D eigenvalue weighted by atomic mass is 9.94. The number of carbonyl (C=O) groups excluding carboxylic acids is 2. The van der Waals surface area contributed by atoms with Gasteiger partial charge in [-0.2, -0.15) is 0 Å². The Morgan fingerprint density at radius 3 is 2.29 bits per heavy atom. The molecule has 0 fully saturated rings. The van der Waals surface area contributed by atoms with E-state index in [2.05, 4.69) is 4.74 Å². The third kappa shape index (κ3) is 3.28. The molecule has 0 aliphatic heterocycles. The number of hydrogen-bond donors (Lipinski definition) is 1. The SMILES string of the molecule is COC(=O)C(O)C(C)C(=O)c1ccc(Cl)cc1. The quantitative estimate of drug-likeness (QED) is 0.658. The van der Waals surface area contributed by atoms with Crippen LogP contribution in [0.25, 0.3) is 0 Å². The molecule has 1 aromatic rings. The van der Waals surface area contributed by atoms with Gasteiger partial charge in [0.15, 0.2) is 11.9 Å². The molecule has 0 saturated carbocycles. The van der Waals surface area contributed by atoms with Crippen molar-refractivity contribution in [3.63, 3.8) is 0 Å². The molecule has 2 atom stereocenters. The first kappa shape index (κ1) is 13.7. The van der Waals surface area contributed by atoms with Crippen LogP contribution >= 0.6 is 11.6 Å². The summed E-state index contributed by atoms with van der Waals surface area (Å²) in [6.07, 6.45) is -1.46. The Morgan fingerprint density at radius 2 is 1.82 bits per heavy atom. The molecule has 0 aliphatic rings. The van der Waals surface area contributed by atoms with E-state index in [9.17, 15) is 14.7 Å². The van der Waals surface area contributed by atoms with Gasteiger partial charge in [0.25, 0.3) is 0 Å². The number of benzene rings is 1. The summed E-state index contributed by atoms with van der Waals surface area (Å²) >= 11 is 5.70. The minimum absolute atomic E-state index is 0.334. The molecule has 0 saturated heterocycles. The number of ether oxygens (including phenoxy) is 1. The second-order valence-electron chi connectivity index (χ2n) is 3.63. The van der Waals surface area contributed by atoms with Crippen LogP contribution in [0.15, 0.2) is 24.3 Å². The number of ketones is 1. The first-order chi connectivity index (χ1) is 7.97. The smallest absolute Gasteiger partial charge is 0.335 e. The maximum Gasteiger partial charge on any atom is 0.335 e. The van der Waals surface area contributed by atoms with Gasteiger partial charge in [-0.05, 0) is 24.3 Å². The third-order valence-electron chi connectivity index (χ3n) is 2.46. The van der Waals surface area contributed by atoms with Gasteiger partial charge in [-0.1, -0.05) is 18.5 Å². The van der Waals surface area contributed by atoms with E-state index in [1.165, 1.54) is 6.92 Å². The normalized spacial score (nSPS) is 13.9. The van der Waals surface area contributed by atoms with E-state index in [4.69, 9.17) is 11.6 Å². The Balaban J connectivity index is 2.83. The Bertz CT molecular complexity index is 413. The van der Waals surface area contributed by atoms with Gasteiger partial charge in [-0.25, -0.2) is 4.79 Å². The lowest BCUT2D eigenvalue weighted by Gasteiger charge is -2.15. The molecule has 1 N–H and O–H groups in total. The zero-order chi connectivity index (χ0) is 13.0. The summed E-state index contributed by atoms with van der Waals surface area (Å²) in [7, 11) is 1.16. The maximum absolute atomic E-state index is 11.9. The number of esters is 1. The van der Waals surface area contributed by atoms with Crippen molar-refractivity contribution in [2.24, 2.45) is 5.92 Å². The summed E-state index contributed by atoms with van der Waals surface area (Å²) in [4.78, 5) is 23.0. The van der Waals surface area contributed by atoms with Gasteiger partial charge in [0.1, 0.15) is 0 Å². The summed E-state index contributed by atoms with van der Waals surface area (Å²) in [5.74, 6) is -2.01. The van der Waals surface area contributed by atoms with Gasteiger partial charge in [0.05, 0.1) is 13.0 Å². The fourth-order valence-electron chi connectivity index (χ4n) is 1.35. The Kier molecular flexibility index (Phi) is 4.66. The van der Waals surface area contributed by atoms with E-state index < -0.39 is 18.0 Å². The molecular formula is C12H13ClO4. The fraction of sp³-hybridized carbons (Fsp3) is 0.333. The van der Waals surface area contributed by atoms with Crippen LogP contribution in [0.3, 0.4) is 0 Å². The Labute approximate surface area is 104 Å². The first-order valence-electron chi connectivity index (χ1n) is 5.03. The number of carbonyl (C=O) groups is 2. The highest BCUT2D eigenvalue weighted by Crippen LogP contribution is 2.16. The minimum Gasteiger partial charge on any atom is -0.467 e. The van der Waals surface area contributed by atoms with E-state index >= 15 is 0 Å². The van der Waals surface area contributed by atoms with Crippen LogP contribution in [0.1, 0.15) is 17.3 Å². The minimum atomic E-state index is -1.46. The summed E-state index contributed by atoms with van der Waals surface area (Å²) in [6, 6.07) is 6.24. The van der Waals surface area contributed by atoms with Gasteiger partial charge in [0.2, 0.25) is 0 Å². The highest BCUT2D eigenvalue weighted by atomic mass is 35.5. The van der Waals surface area contributed by atoms with Crippen LogP contribution in [-0.4, -0.2) is 30.1 Å². The number of aliphatic hydroxyl groups is 1. The molecule has 0 bridgehead atoms. The molecule has 0 aromatic heterocycles. The first-order valence-corrected chi connectivity index (χ1v) is 5.41. The monoisotopic (exact) mass is 256 g/mol. The van der Waals surface area contributed by atoms with Crippen molar-refractivity contribution in [1.29, 1.82) is 0 Å². The fourth-order valence-corrected chi connectivity index (χ4v) is 1.47. The number of methoxy groups -OCH3 is 1. The molecular weight excluding hydrogens is 244 g/mol. The summed E-state index contributed by atoms with van der Waals surface area (Å²) in [5, 5.41) is 10.1. The van der Waals surface area contributed by atoms with Crippen molar-refractivity contribution in [2.45, 2.75) is 13.0 Å². The molecule has 0 radical (unpaired) electrons. The molecule has 0 spiro atoms. The van der Waals surface area contributed by atoms with Crippen molar-refractivity contribution in [3.05, 3.63) is 34.9 Å². The number of rotatable bonds is 4. The van der Waals surface area contributed by atoms with Gasteiger partial charge in [-0.15, -0.1) is 0 Å². The Hall–Kier alpha value is -1.39. The van der Waals surface area contributed by atoms with Crippen LogP contribution in [0, 0.1) is 5.92 Å². The van der Waals surface area contributed by atoms with Crippen molar-refractivity contribution in [3.8, 4) is 0 Å². The molecule has 2 unspecified atom stereocenters. The second kappa shape index (κ2) is 5.80.